The number of benzene rings is 1. The quantitative estimate of drug-likeness (QED) is 0.793. The standard InChI is InChI=1S/C11H9BrF3N3/c1-7-2-3-8(11(13,14)15)4-10(7)18-6-9(5-12)16-17-18/h2-4,6H,5H2,1H3. The van der Waals surface area contributed by atoms with Crippen LogP contribution in [0.4, 0.5) is 13.2 Å². The number of aryl methyl sites for hydroxylation is 1. The molecule has 96 valence electrons. The van der Waals surface area contributed by atoms with Gasteiger partial charge in [0, 0.05) is 5.33 Å². The molecule has 0 spiro atoms. The number of halogens is 4. The van der Waals surface area contributed by atoms with E-state index in [1.807, 2.05) is 0 Å². The molecule has 0 aliphatic carbocycles. The fourth-order valence-corrected chi connectivity index (χ4v) is 1.77. The first-order valence-corrected chi connectivity index (χ1v) is 6.19. The van der Waals surface area contributed by atoms with Gasteiger partial charge in [-0.25, -0.2) is 4.68 Å². The molecule has 0 N–H and O–H groups in total. The summed E-state index contributed by atoms with van der Waals surface area (Å²) in [5.74, 6) is 0. The molecule has 0 atom stereocenters. The molecule has 1 aromatic heterocycles. The van der Waals surface area contributed by atoms with Gasteiger partial charge in [0.05, 0.1) is 23.1 Å². The lowest BCUT2D eigenvalue weighted by molar-refractivity contribution is -0.137. The molecule has 0 radical (unpaired) electrons. The molecule has 0 fully saturated rings. The lowest BCUT2D eigenvalue weighted by atomic mass is 10.1. The summed E-state index contributed by atoms with van der Waals surface area (Å²) in [5, 5.41) is 8.14. The Bertz CT molecular complexity index is 563. The van der Waals surface area contributed by atoms with Gasteiger partial charge in [0.1, 0.15) is 0 Å². The van der Waals surface area contributed by atoms with Crippen molar-refractivity contribution in [3.63, 3.8) is 0 Å². The lowest BCUT2D eigenvalue weighted by Gasteiger charge is -2.10. The third-order valence-corrected chi connectivity index (χ3v) is 3.04. The molecule has 0 saturated carbocycles. The van der Waals surface area contributed by atoms with Crippen molar-refractivity contribution in [1.29, 1.82) is 0 Å². The van der Waals surface area contributed by atoms with E-state index in [1.54, 1.807) is 13.1 Å². The molecular formula is C11H9BrF3N3. The molecule has 1 aromatic carbocycles. The molecular weight excluding hydrogens is 311 g/mol. The zero-order chi connectivity index (χ0) is 13.3. The van der Waals surface area contributed by atoms with Crippen molar-refractivity contribution in [2.24, 2.45) is 0 Å². The van der Waals surface area contributed by atoms with Crippen LogP contribution in [-0.2, 0) is 11.5 Å². The number of alkyl halides is 4. The molecule has 2 aromatic rings. The third kappa shape index (κ3) is 2.55. The summed E-state index contributed by atoms with van der Waals surface area (Å²) in [5.41, 5.74) is 1.05. The van der Waals surface area contributed by atoms with Gasteiger partial charge in [-0.15, -0.1) is 5.10 Å². The second-order valence-corrected chi connectivity index (χ2v) is 4.35. The topological polar surface area (TPSA) is 30.7 Å². The minimum atomic E-state index is -4.36. The average Bonchev–Trinajstić information content (AvgIpc) is 2.76. The molecule has 0 unspecified atom stereocenters. The summed E-state index contributed by atoms with van der Waals surface area (Å²) < 4.78 is 39.3. The van der Waals surface area contributed by atoms with E-state index in [1.165, 1.54) is 10.7 Å². The van der Waals surface area contributed by atoms with Crippen LogP contribution in [0.25, 0.3) is 5.69 Å². The summed E-state index contributed by atoms with van der Waals surface area (Å²) in [7, 11) is 0. The lowest BCUT2D eigenvalue weighted by Crippen LogP contribution is -2.07. The molecule has 18 heavy (non-hydrogen) atoms. The minimum absolute atomic E-state index is 0.379. The van der Waals surface area contributed by atoms with E-state index in [0.29, 0.717) is 22.3 Å². The van der Waals surface area contributed by atoms with Crippen LogP contribution in [0.5, 0.6) is 0 Å². The van der Waals surface area contributed by atoms with Gasteiger partial charge >= 0.3 is 6.18 Å². The first-order valence-electron chi connectivity index (χ1n) is 5.07. The molecule has 1 heterocycles. The van der Waals surface area contributed by atoms with Crippen LogP contribution >= 0.6 is 15.9 Å². The first kappa shape index (κ1) is 13.1. The monoisotopic (exact) mass is 319 g/mol. The Morgan fingerprint density at radius 1 is 1.33 bits per heavy atom. The Balaban J connectivity index is 2.49. The van der Waals surface area contributed by atoms with Crippen LogP contribution in [0.1, 0.15) is 16.8 Å². The van der Waals surface area contributed by atoms with E-state index in [9.17, 15) is 13.2 Å². The fraction of sp³-hybridized carbons (Fsp3) is 0.273. The van der Waals surface area contributed by atoms with Gasteiger partial charge in [0.25, 0.3) is 0 Å². The second kappa shape index (κ2) is 4.72. The Labute approximate surface area is 110 Å². The van der Waals surface area contributed by atoms with Gasteiger partial charge in [0.15, 0.2) is 0 Å². The Kier molecular flexibility index (Phi) is 3.43. The molecule has 0 aliphatic heterocycles. The highest BCUT2D eigenvalue weighted by Gasteiger charge is 2.31. The summed E-state index contributed by atoms with van der Waals surface area (Å²) in [6, 6.07) is 3.55. The third-order valence-electron chi connectivity index (χ3n) is 2.46. The van der Waals surface area contributed by atoms with E-state index in [2.05, 4.69) is 26.2 Å². The maximum Gasteiger partial charge on any atom is 0.416 e. The van der Waals surface area contributed by atoms with Gasteiger partial charge in [-0.05, 0) is 24.6 Å². The maximum absolute atomic E-state index is 12.6. The van der Waals surface area contributed by atoms with E-state index < -0.39 is 11.7 Å². The smallest absolute Gasteiger partial charge is 0.220 e. The first-order chi connectivity index (χ1) is 8.41. The normalized spacial score (nSPS) is 11.8. The van der Waals surface area contributed by atoms with Crippen LogP contribution in [0, 0.1) is 6.92 Å². The van der Waals surface area contributed by atoms with Gasteiger partial charge < -0.3 is 0 Å². The minimum Gasteiger partial charge on any atom is -0.220 e. The van der Waals surface area contributed by atoms with E-state index in [0.717, 1.165) is 12.1 Å². The predicted octanol–water partition coefficient (Wildman–Crippen LogP) is 3.49. The predicted molar refractivity (Wildman–Crippen MR) is 63.7 cm³/mol. The van der Waals surface area contributed by atoms with Crippen LogP contribution < -0.4 is 0 Å². The van der Waals surface area contributed by atoms with Crippen molar-refractivity contribution in [3.8, 4) is 5.69 Å². The largest absolute Gasteiger partial charge is 0.416 e. The zero-order valence-electron chi connectivity index (χ0n) is 9.37. The van der Waals surface area contributed by atoms with Gasteiger partial charge in [-0.2, -0.15) is 13.2 Å². The van der Waals surface area contributed by atoms with Crippen LogP contribution in [0.2, 0.25) is 0 Å². The molecule has 0 amide bonds. The number of rotatable bonds is 2. The fourth-order valence-electron chi connectivity index (χ4n) is 1.51. The highest BCUT2D eigenvalue weighted by Crippen LogP contribution is 2.31. The summed E-state index contributed by atoms with van der Waals surface area (Å²) in [6.07, 6.45) is -2.77. The molecule has 0 saturated heterocycles. The molecule has 0 bridgehead atoms. The van der Waals surface area contributed by atoms with Crippen LogP contribution in [0.3, 0.4) is 0 Å². The highest BCUT2D eigenvalue weighted by atomic mass is 79.9. The van der Waals surface area contributed by atoms with Crippen LogP contribution in [0.15, 0.2) is 24.4 Å². The Morgan fingerprint density at radius 3 is 2.61 bits per heavy atom. The van der Waals surface area contributed by atoms with Crippen molar-refractivity contribution in [3.05, 3.63) is 41.2 Å². The zero-order valence-corrected chi connectivity index (χ0v) is 11.0. The Morgan fingerprint density at radius 2 is 2.06 bits per heavy atom. The highest BCUT2D eigenvalue weighted by molar-refractivity contribution is 9.08. The number of nitrogens with zero attached hydrogens (tertiary/aromatic N) is 3. The molecule has 7 heteroatoms. The number of hydrogen-bond acceptors (Lipinski definition) is 2. The number of aromatic nitrogens is 3. The SMILES string of the molecule is Cc1ccc(C(F)(F)F)cc1-n1cc(CBr)nn1. The average molecular weight is 320 g/mol. The maximum atomic E-state index is 12.6. The molecule has 3 nitrogen and oxygen atoms in total. The van der Waals surface area contributed by atoms with Crippen molar-refractivity contribution < 1.29 is 13.2 Å². The van der Waals surface area contributed by atoms with Gasteiger partial charge in [-0.3, -0.25) is 0 Å². The summed E-state index contributed by atoms with van der Waals surface area (Å²) in [4.78, 5) is 0. The molecule has 2 rings (SSSR count). The van der Waals surface area contributed by atoms with E-state index in [4.69, 9.17) is 0 Å². The van der Waals surface area contributed by atoms with Crippen molar-refractivity contribution >= 4 is 15.9 Å². The van der Waals surface area contributed by atoms with E-state index >= 15 is 0 Å². The van der Waals surface area contributed by atoms with Crippen molar-refractivity contribution in [1.82, 2.24) is 15.0 Å². The Hall–Kier alpha value is -1.37. The summed E-state index contributed by atoms with van der Waals surface area (Å²) in [6.45, 7) is 1.73. The van der Waals surface area contributed by atoms with Crippen molar-refractivity contribution in [2.75, 3.05) is 0 Å². The summed E-state index contributed by atoms with van der Waals surface area (Å²) >= 11 is 3.21. The van der Waals surface area contributed by atoms with Gasteiger partial charge in [0.2, 0.25) is 0 Å². The van der Waals surface area contributed by atoms with Gasteiger partial charge in [-0.1, -0.05) is 27.2 Å². The molecule has 0 aliphatic rings. The second-order valence-electron chi connectivity index (χ2n) is 3.79. The van der Waals surface area contributed by atoms with Crippen LogP contribution in [-0.4, -0.2) is 15.0 Å². The number of hydrogen-bond donors (Lipinski definition) is 0. The van der Waals surface area contributed by atoms with E-state index in [-0.39, 0.29) is 0 Å². The van der Waals surface area contributed by atoms with Crippen molar-refractivity contribution in [2.45, 2.75) is 18.4 Å².